The number of nitrogens with zero attached hydrogens (tertiary/aromatic N) is 2. The SMILES string of the molecule is CC[C@@H](C)NC(=O)C1CCN(S(=O)(=O)c2ccc3c(c2)C[C@H](C)N3C(C)=O)CC1. The molecule has 1 fully saturated rings. The Morgan fingerprint density at radius 3 is 2.48 bits per heavy atom. The Morgan fingerprint density at radius 2 is 1.90 bits per heavy atom. The van der Waals surface area contributed by atoms with Crippen LogP contribution in [0.3, 0.4) is 0 Å². The maximum Gasteiger partial charge on any atom is 0.243 e. The molecule has 1 N–H and O–H groups in total. The largest absolute Gasteiger partial charge is 0.353 e. The third kappa shape index (κ3) is 4.33. The van der Waals surface area contributed by atoms with Crippen molar-refractivity contribution in [3.05, 3.63) is 23.8 Å². The lowest BCUT2D eigenvalue weighted by atomic mass is 9.97. The van der Waals surface area contributed by atoms with Crippen LogP contribution in [0.4, 0.5) is 5.69 Å². The van der Waals surface area contributed by atoms with E-state index in [0.717, 1.165) is 17.7 Å². The summed E-state index contributed by atoms with van der Waals surface area (Å²) in [5.74, 6) is -0.155. The van der Waals surface area contributed by atoms with Crippen LogP contribution in [0.25, 0.3) is 0 Å². The third-order valence-corrected chi connectivity index (χ3v) is 7.96. The van der Waals surface area contributed by atoms with Gasteiger partial charge in [0.15, 0.2) is 0 Å². The zero-order valence-electron chi connectivity index (χ0n) is 17.6. The summed E-state index contributed by atoms with van der Waals surface area (Å²) in [5.41, 5.74) is 1.68. The normalized spacial score (nSPS) is 21.7. The molecule has 1 aromatic rings. The molecular weight excluding hydrogens is 390 g/mol. The Morgan fingerprint density at radius 1 is 1.24 bits per heavy atom. The zero-order valence-corrected chi connectivity index (χ0v) is 18.5. The number of benzene rings is 1. The van der Waals surface area contributed by atoms with Gasteiger partial charge in [0.1, 0.15) is 0 Å². The maximum atomic E-state index is 13.1. The topological polar surface area (TPSA) is 86.8 Å². The number of hydrogen-bond acceptors (Lipinski definition) is 4. The first-order chi connectivity index (χ1) is 13.6. The molecule has 1 aromatic carbocycles. The summed E-state index contributed by atoms with van der Waals surface area (Å²) in [4.78, 5) is 26.2. The van der Waals surface area contributed by atoms with Crippen LogP contribution in [-0.2, 0) is 26.0 Å². The molecule has 2 aliphatic heterocycles. The van der Waals surface area contributed by atoms with Crippen LogP contribution in [0.15, 0.2) is 23.1 Å². The molecule has 0 aromatic heterocycles. The van der Waals surface area contributed by atoms with Crippen molar-refractivity contribution in [2.75, 3.05) is 18.0 Å². The number of rotatable bonds is 5. The highest BCUT2D eigenvalue weighted by Crippen LogP contribution is 2.35. The van der Waals surface area contributed by atoms with E-state index in [1.54, 1.807) is 23.1 Å². The van der Waals surface area contributed by atoms with Gasteiger partial charge in [0.05, 0.1) is 4.90 Å². The highest BCUT2D eigenvalue weighted by molar-refractivity contribution is 7.89. The van der Waals surface area contributed by atoms with Crippen molar-refractivity contribution in [1.82, 2.24) is 9.62 Å². The standard InChI is InChI=1S/C21H31N3O4S/c1-5-14(2)22-21(26)17-8-10-23(11-9-17)29(27,28)19-6-7-20-18(13-19)12-15(3)24(20)16(4)25/h6-7,13-15,17H,5,8-12H2,1-4H3,(H,22,26)/t14-,15+/m1/s1. The minimum Gasteiger partial charge on any atom is -0.353 e. The lowest BCUT2D eigenvalue weighted by molar-refractivity contribution is -0.126. The molecule has 3 rings (SSSR count). The molecule has 0 aliphatic carbocycles. The summed E-state index contributed by atoms with van der Waals surface area (Å²) in [6, 6.07) is 5.18. The molecule has 29 heavy (non-hydrogen) atoms. The number of sulfonamides is 1. The lowest BCUT2D eigenvalue weighted by Gasteiger charge is -2.31. The summed E-state index contributed by atoms with van der Waals surface area (Å²) >= 11 is 0. The van der Waals surface area contributed by atoms with E-state index in [1.807, 2.05) is 20.8 Å². The first-order valence-corrected chi connectivity index (χ1v) is 11.8. The number of nitrogens with one attached hydrogen (secondary N) is 1. The second-order valence-electron chi connectivity index (χ2n) is 8.23. The summed E-state index contributed by atoms with van der Waals surface area (Å²) in [6.45, 7) is 8.16. The van der Waals surface area contributed by atoms with Gasteiger partial charge in [0, 0.05) is 43.7 Å². The monoisotopic (exact) mass is 421 g/mol. The Hall–Kier alpha value is -1.93. The fourth-order valence-corrected chi connectivity index (χ4v) is 5.74. The predicted octanol–water partition coefficient (Wildman–Crippen LogP) is 2.30. The average molecular weight is 422 g/mol. The molecule has 0 radical (unpaired) electrons. The number of anilines is 1. The number of amides is 2. The van der Waals surface area contributed by atoms with Crippen LogP contribution < -0.4 is 10.2 Å². The summed E-state index contributed by atoms with van der Waals surface area (Å²) in [5, 5.41) is 2.99. The molecule has 0 saturated carbocycles. The molecular formula is C21H31N3O4S. The van der Waals surface area contributed by atoms with Crippen LogP contribution in [-0.4, -0.2) is 49.7 Å². The van der Waals surface area contributed by atoms with E-state index in [9.17, 15) is 18.0 Å². The molecule has 0 bridgehead atoms. The highest BCUT2D eigenvalue weighted by Gasteiger charge is 2.34. The van der Waals surface area contributed by atoms with Crippen LogP contribution in [0, 0.1) is 5.92 Å². The van der Waals surface area contributed by atoms with Gasteiger partial charge in [-0.3, -0.25) is 9.59 Å². The Kier molecular flexibility index (Phi) is 6.33. The maximum absolute atomic E-state index is 13.1. The molecule has 2 heterocycles. The molecule has 1 saturated heterocycles. The van der Waals surface area contributed by atoms with Crippen LogP contribution >= 0.6 is 0 Å². The fraction of sp³-hybridized carbons (Fsp3) is 0.619. The Labute approximate surface area is 173 Å². The molecule has 2 aliphatic rings. The minimum absolute atomic E-state index is 0.0206. The van der Waals surface area contributed by atoms with Crippen molar-refractivity contribution < 1.29 is 18.0 Å². The van der Waals surface area contributed by atoms with Gasteiger partial charge >= 0.3 is 0 Å². The van der Waals surface area contributed by atoms with Crippen molar-refractivity contribution in [3.63, 3.8) is 0 Å². The highest BCUT2D eigenvalue weighted by atomic mass is 32.2. The van der Waals surface area contributed by atoms with Crippen molar-refractivity contribution in [2.45, 2.75) is 70.4 Å². The Bertz CT molecular complexity index is 891. The predicted molar refractivity (Wildman–Crippen MR) is 112 cm³/mol. The van der Waals surface area contributed by atoms with E-state index in [2.05, 4.69) is 5.32 Å². The third-order valence-electron chi connectivity index (χ3n) is 6.07. The lowest BCUT2D eigenvalue weighted by Crippen LogP contribution is -2.44. The second kappa shape index (κ2) is 8.44. The van der Waals surface area contributed by atoms with Crippen LogP contribution in [0.2, 0.25) is 0 Å². The van der Waals surface area contributed by atoms with Crippen molar-refractivity contribution in [3.8, 4) is 0 Å². The number of fused-ring (bicyclic) bond motifs is 1. The molecule has 0 spiro atoms. The average Bonchev–Trinajstić information content (AvgIpc) is 3.02. The van der Waals surface area contributed by atoms with Crippen LogP contribution in [0.5, 0.6) is 0 Å². The van der Waals surface area contributed by atoms with Gasteiger partial charge in [-0.1, -0.05) is 6.92 Å². The molecule has 7 nitrogen and oxygen atoms in total. The van der Waals surface area contributed by atoms with E-state index >= 15 is 0 Å². The second-order valence-corrected chi connectivity index (χ2v) is 10.2. The minimum atomic E-state index is -3.62. The van der Waals surface area contributed by atoms with Crippen molar-refractivity contribution >= 4 is 27.5 Å². The van der Waals surface area contributed by atoms with E-state index in [-0.39, 0.29) is 34.7 Å². The number of hydrogen-bond donors (Lipinski definition) is 1. The Balaban J connectivity index is 1.71. The summed E-state index contributed by atoms with van der Waals surface area (Å²) < 4.78 is 27.7. The van der Waals surface area contributed by atoms with Gasteiger partial charge in [-0.05, 0) is 63.3 Å². The molecule has 8 heteroatoms. The van der Waals surface area contributed by atoms with Gasteiger partial charge in [-0.15, -0.1) is 0 Å². The van der Waals surface area contributed by atoms with Crippen molar-refractivity contribution in [2.24, 2.45) is 5.92 Å². The van der Waals surface area contributed by atoms with Gasteiger partial charge in [0.25, 0.3) is 0 Å². The first kappa shape index (κ1) is 21.8. The number of piperidine rings is 1. The molecule has 160 valence electrons. The summed E-state index contributed by atoms with van der Waals surface area (Å²) in [7, 11) is -3.62. The quantitative estimate of drug-likeness (QED) is 0.790. The van der Waals surface area contributed by atoms with E-state index < -0.39 is 10.0 Å². The van der Waals surface area contributed by atoms with E-state index in [1.165, 1.54) is 11.2 Å². The number of carbonyl (C=O) groups is 2. The molecule has 0 unspecified atom stereocenters. The molecule has 2 atom stereocenters. The smallest absolute Gasteiger partial charge is 0.243 e. The summed E-state index contributed by atoms with van der Waals surface area (Å²) in [6.07, 6.45) is 2.58. The fourth-order valence-electron chi connectivity index (χ4n) is 4.22. The van der Waals surface area contributed by atoms with Crippen molar-refractivity contribution in [1.29, 1.82) is 0 Å². The van der Waals surface area contributed by atoms with Gasteiger partial charge in [0.2, 0.25) is 21.8 Å². The van der Waals surface area contributed by atoms with Gasteiger partial charge in [-0.2, -0.15) is 4.31 Å². The number of carbonyl (C=O) groups excluding carboxylic acids is 2. The van der Waals surface area contributed by atoms with Crippen LogP contribution in [0.1, 0.15) is 52.5 Å². The zero-order chi connectivity index (χ0) is 21.3. The molecule has 2 amide bonds. The first-order valence-electron chi connectivity index (χ1n) is 10.4. The van der Waals surface area contributed by atoms with Gasteiger partial charge in [-0.25, -0.2) is 8.42 Å². The van der Waals surface area contributed by atoms with E-state index in [4.69, 9.17) is 0 Å². The van der Waals surface area contributed by atoms with Gasteiger partial charge < -0.3 is 10.2 Å². The van der Waals surface area contributed by atoms with E-state index in [0.29, 0.717) is 32.4 Å².